The van der Waals surface area contributed by atoms with Gasteiger partial charge in [0.15, 0.2) is 11.0 Å². The van der Waals surface area contributed by atoms with E-state index in [4.69, 9.17) is 4.74 Å². The monoisotopic (exact) mass is 454 g/mol. The van der Waals surface area contributed by atoms with E-state index in [1.165, 1.54) is 36.4 Å². The van der Waals surface area contributed by atoms with E-state index in [1.54, 1.807) is 4.57 Å². The van der Waals surface area contributed by atoms with Gasteiger partial charge in [0.1, 0.15) is 18.2 Å². The quantitative estimate of drug-likeness (QED) is 0.392. The van der Waals surface area contributed by atoms with Gasteiger partial charge >= 0.3 is 6.18 Å². The molecule has 6 nitrogen and oxygen atoms in total. The van der Waals surface area contributed by atoms with Gasteiger partial charge in [-0.15, -0.1) is 10.2 Å². The molecule has 31 heavy (non-hydrogen) atoms. The molecule has 164 valence electrons. The first-order valence-corrected chi connectivity index (χ1v) is 10.1. The molecule has 0 saturated heterocycles. The number of amides is 1. The van der Waals surface area contributed by atoms with Gasteiger partial charge in [-0.2, -0.15) is 13.2 Å². The van der Waals surface area contributed by atoms with Gasteiger partial charge in [-0.25, -0.2) is 4.39 Å². The molecule has 3 aromatic rings. The first-order valence-electron chi connectivity index (χ1n) is 9.16. The maximum atomic E-state index is 13.0. The third-order valence-electron chi connectivity index (χ3n) is 4.10. The van der Waals surface area contributed by atoms with Gasteiger partial charge in [0.05, 0.1) is 11.3 Å². The SMILES string of the molecule is CCn1c(COc2ccc(F)cc2)nnc1SCC(=O)Nc1cccc(C(F)(F)F)c1. The average molecular weight is 454 g/mol. The lowest BCUT2D eigenvalue weighted by Crippen LogP contribution is -2.15. The minimum Gasteiger partial charge on any atom is -0.486 e. The highest BCUT2D eigenvalue weighted by Crippen LogP contribution is 2.30. The van der Waals surface area contributed by atoms with Crippen LogP contribution in [0.3, 0.4) is 0 Å². The fourth-order valence-corrected chi connectivity index (χ4v) is 3.45. The van der Waals surface area contributed by atoms with Crippen molar-refractivity contribution < 1.29 is 27.1 Å². The van der Waals surface area contributed by atoms with Crippen molar-refractivity contribution >= 4 is 23.4 Å². The Hall–Kier alpha value is -3.08. The first kappa shape index (κ1) is 22.6. The standard InChI is InChI=1S/C20H18F4N4O2S/c1-2-28-17(11-30-16-8-6-14(21)7-9-16)26-27-19(28)31-12-18(29)25-15-5-3-4-13(10-15)20(22,23)24/h3-10H,2,11-12H2,1H3,(H,25,29). The third kappa shape index (κ3) is 6.20. The molecule has 1 N–H and O–H groups in total. The van der Waals surface area contributed by atoms with Crippen LogP contribution in [0, 0.1) is 5.82 Å². The summed E-state index contributed by atoms with van der Waals surface area (Å²) in [5.74, 6) is 0.0901. The van der Waals surface area contributed by atoms with Crippen LogP contribution in [0.15, 0.2) is 53.7 Å². The minimum atomic E-state index is -4.49. The second-order valence-corrected chi connectivity index (χ2v) is 7.24. The van der Waals surface area contributed by atoms with Crippen LogP contribution in [0.1, 0.15) is 18.3 Å². The van der Waals surface area contributed by atoms with Crippen LogP contribution in [-0.2, 0) is 24.1 Å². The largest absolute Gasteiger partial charge is 0.486 e. The van der Waals surface area contributed by atoms with E-state index in [2.05, 4.69) is 15.5 Å². The average Bonchev–Trinajstić information content (AvgIpc) is 3.13. The zero-order valence-electron chi connectivity index (χ0n) is 16.3. The van der Waals surface area contributed by atoms with Crippen molar-refractivity contribution in [3.63, 3.8) is 0 Å². The molecular formula is C20H18F4N4O2S. The maximum Gasteiger partial charge on any atom is 0.416 e. The summed E-state index contributed by atoms with van der Waals surface area (Å²) in [7, 11) is 0. The highest BCUT2D eigenvalue weighted by Gasteiger charge is 2.30. The molecule has 0 unspecified atom stereocenters. The fraction of sp³-hybridized carbons (Fsp3) is 0.250. The van der Waals surface area contributed by atoms with Crippen LogP contribution in [-0.4, -0.2) is 26.4 Å². The van der Waals surface area contributed by atoms with E-state index >= 15 is 0 Å². The Labute approximate surface area is 179 Å². The number of nitrogens with one attached hydrogen (secondary N) is 1. The van der Waals surface area contributed by atoms with E-state index in [1.807, 2.05) is 6.92 Å². The summed E-state index contributed by atoms with van der Waals surface area (Å²) < 4.78 is 58.7. The van der Waals surface area contributed by atoms with Gasteiger partial charge in [0.2, 0.25) is 5.91 Å². The lowest BCUT2D eigenvalue weighted by Gasteiger charge is -2.10. The summed E-state index contributed by atoms with van der Waals surface area (Å²) in [4.78, 5) is 12.2. The third-order valence-corrected chi connectivity index (χ3v) is 5.06. The summed E-state index contributed by atoms with van der Waals surface area (Å²) in [6, 6.07) is 9.98. The number of rotatable bonds is 8. The van der Waals surface area contributed by atoms with E-state index in [0.717, 1.165) is 23.9 Å². The Morgan fingerprint density at radius 1 is 1.16 bits per heavy atom. The lowest BCUT2D eigenvalue weighted by atomic mass is 10.2. The van der Waals surface area contributed by atoms with E-state index < -0.39 is 17.6 Å². The molecule has 0 aliphatic rings. The number of carbonyl (C=O) groups excluding carboxylic acids is 1. The molecule has 11 heteroatoms. The molecule has 1 aromatic heterocycles. The number of aromatic nitrogens is 3. The molecule has 0 saturated carbocycles. The molecule has 0 spiro atoms. The highest BCUT2D eigenvalue weighted by atomic mass is 32.2. The van der Waals surface area contributed by atoms with Crippen molar-refractivity contribution in [3.05, 3.63) is 65.7 Å². The molecule has 2 aromatic carbocycles. The molecule has 0 atom stereocenters. The number of alkyl halides is 3. The molecule has 1 amide bonds. The number of thioether (sulfide) groups is 1. The molecule has 0 fully saturated rings. The van der Waals surface area contributed by atoms with Crippen molar-refractivity contribution in [3.8, 4) is 5.75 Å². The predicted molar refractivity (Wildman–Crippen MR) is 107 cm³/mol. The van der Waals surface area contributed by atoms with Gasteiger partial charge in [-0.05, 0) is 49.4 Å². The van der Waals surface area contributed by atoms with Crippen LogP contribution in [0.4, 0.5) is 23.2 Å². The van der Waals surface area contributed by atoms with Crippen molar-refractivity contribution in [2.24, 2.45) is 0 Å². The number of hydrogen-bond donors (Lipinski definition) is 1. The number of ether oxygens (including phenoxy) is 1. The number of halogens is 4. The Morgan fingerprint density at radius 3 is 2.58 bits per heavy atom. The Balaban J connectivity index is 1.57. The van der Waals surface area contributed by atoms with Crippen LogP contribution in [0.2, 0.25) is 0 Å². The van der Waals surface area contributed by atoms with E-state index in [9.17, 15) is 22.4 Å². The van der Waals surface area contributed by atoms with Gasteiger partial charge in [0, 0.05) is 12.2 Å². The van der Waals surface area contributed by atoms with Crippen molar-refractivity contribution in [1.29, 1.82) is 0 Å². The molecule has 0 aliphatic carbocycles. The zero-order chi connectivity index (χ0) is 22.4. The van der Waals surface area contributed by atoms with Crippen LogP contribution in [0.5, 0.6) is 5.75 Å². The number of anilines is 1. The predicted octanol–water partition coefficient (Wildman–Crippen LogP) is 4.77. The lowest BCUT2D eigenvalue weighted by molar-refractivity contribution is -0.137. The van der Waals surface area contributed by atoms with E-state index in [0.29, 0.717) is 23.3 Å². The van der Waals surface area contributed by atoms with Crippen molar-refractivity contribution in [1.82, 2.24) is 14.8 Å². The number of carbonyl (C=O) groups is 1. The second-order valence-electron chi connectivity index (χ2n) is 6.30. The molecular weight excluding hydrogens is 436 g/mol. The molecule has 0 bridgehead atoms. The summed E-state index contributed by atoms with van der Waals surface area (Å²) >= 11 is 1.10. The topological polar surface area (TPSA) is 69.0 Å². The van der Waals surface area contributed by atoms with Crippen LogP contribution >= 0.6 is 11.8 Å². The van der Waals surface area contributed by atoms with Crippen molar-refractivity contribution in [2.45, 2.75) is 31.4 Å². The number of nitrogens with zero attached hydrogens (tertiary/aromatic N) is 3. The zero-order valence-corrected chi connectivity index (χ0v) is 17.1. The summed E-state index contributed by atoms with van der Waals surface area (Å²) in [5.41, 5.74) is -0.778. The van der Waals surface area contributed by atoms with E-state index in [-0.39, 0.29) is 23.9 Å². The molecule has 3 rings (SSSR count). The van der Waals surface area contributed by atoms with Crippen LogP contribution in [0.25, 0.3) is 0 Å². The Morgan fingerprint density at radius 2 is 1.90 bits per heavy atom. The smallest absolute Gasteiger partial charge is 0.416 e. The number of benzene rings is 2. The Bertz CT molecular complexity index is 1040. The number of hydrogen-bond acceptors (Lipinski definition) is 5. The Kier molecular flexibility index (Phi) is 7.16. The summed E-state index contributed by atoms with van der Waals surface area (Å²) in [5, 5.41) is 11.0. The van der Waals surface area contributed by atoms with Gasteiger partial charge in [-0.1, -0.05) is 17.8 Å². The molecule has 0 aliphatic heterocycles. The second kappa shape index (κ2) is 9.82. The summed E-state index contributed by atoms with van der Waals surface area (Å²) in [6.07, 6.45) is -4.49. The molecule has 1 heterocycles. The highest BCUT2D eigenvalue weighted by molar-refractivity contribution is 7.99. The van der Waals surface area contributed by atoms with Gasteiger partial charge < -0.3 is 14.6 Å². The van der Waals surface area contributed by atoms with Crippen LogP contribution < -0.4 is 10.1 Å². The van der Waals surface area contributed by atoms with Crippen molar-refractivity contribution in [2.75, 3.05) is 11.1 Å². The van der Waals surface area contributed by atoms with Gasteiger partial charge in [-0.3, -0.25) is 4.79 Å². The summed E-state index contributed by atoms with van der Waals surface area (Å²) in [6.45, 7) is 2.49. The first-order chi connectivity index (χ1) is 14.8. The normalized spacial score (nSPS) is 11.4. The fourth-order valence-electron chi connectivity index (χ4n) is 2.63. The molecule has 0 radical (unpaired) electrons. The maximum absolute atomic E-state index is 13.0. The minimum absolute atomic E-state index is 0.0609. The van der Waals surface area contributed by atoms with Gasteiger partial charge in [0.25, 0.3) is 0 Å².